The number of carbonyl (C=O) groups is 1. The Hall–Kier alpha value is -3.72. The highest BCUT2D eigenvalue weighted by molar-refractivity contribution is 6.00. The van der Waals surface area contributed by atoms with Gasteiger partial charge in [0.2, 0.25) is 5.75 Å². The molecule has 0 bridgehead atoms. The number of nitrogens with one attached hydrogen (secondary N) is 1. The SMILES string of the molecule is COc1cc(C2C(C#N)=C(C)NC3=C2C(=O)CC(c2ccccc2)C3)cc(OC)c1OC. The highest BCUT2D eigenvalue weighted by Crippen LogP contribution is 2.48. The maximum atomic E-state index is 13.5. The summed E-state index contributed by atoms with van der Waals surface area (Å²) in [7, 11) is 4.65. The Kier molecular flexibility index (Phi) is 5.91. The largest absolute Gasteiger partial charge is 0.493 e. The van der Waals surface area contributed by atoms with Crippen LogP contribution in [0.25, 0.3) is 0 Å². The van der Waals surface area contributed by atoms with Crippen LogP contribution in [0.15, 0.2) is 65.0 Å². The maximum Gasteiger partial charge on any atom is 0.203 e. The minimum atomic E-state index is -0.492. The van der Waals surface area contributed by atoms with Crippen LogP contribution in [-0.2, 0) is 4.79 Å². The number of ketones is 1. The molecule has 1 aliphatic carbocycles. The average Bonchev–Trinajstić information content (AvgIpc) is 2.82. The summed E-state index contributed by atoms with van der Waals surface area (Å²) >= 11 is 0. The normalized spacial score (nSPS) is 20.3. The first kappa shape index (κ1) is 21.5. The molecule has 6 nitrogen and oxygen atoms in total. The van der Waals surface area contributed by atoms with Gasteiger partial charge in [-0.25, -0.2) is 0 Å². The lowest BCUT2D eigenvalue weighted by Crippen LogP contribution is -2.33. The van der Waals surface area contributed by atoms with Crippen LogP contribution in [-0.4, -0.2) is 27.1 Å². The van der Waals surface area contributed by atoms with Crippen LogP contribution >= 0.6 is 0 Å². The summed E-state index contributed by atoms with van der Waals surface area (Å²) in [5.74, 6) is 1.11. The molecule has 1 heterocycles. The van der Waals surface area contributed by atoms with Crippen molar-refractivity contribution in [3.63, 3.8) is 0 Å². The molecule has 0 aromatic heterocycles. The molecule has 1 aliphatic heterocycles. The monoisotopic (exact) mass is 430 g/mol. The minimum absolute atomic E-state index is 0.0478. The Morgan fingerprint density at radius 1 is 0.969 bits per heavy atom. The third kappa shape index (κ3) is 3.60. The molecule has 0 saturated heterocycles. The predicted octanol–water partition coefficient (Wildman–Crippen LogP) is 4.60. The van der Waals surface area contributed by atoms with Crippen molar-refractivity contribution in [1.29, 1.82) is 5.26 Å². The van der Waals surface area contributed by atoms with Crippen molar-refractivity contribution in [1.82, 2.24) is 5.32 Å². The maximum absolute atomic E-state index is 13.5. The fourth-order valence-corrected chi connectivity index (χ4v) is 4.75. The van der Waals surface area contributed by atoms with Crippen molar-refractivity contribution in [3.05, 3.63) is 76.1 Å². The molecule has 2 aliphatic rings. The number of carbonyl (C=O) groups excluding carboxylic acids is 1. The molecule has 4 rings (SSSR count). The van der Waals surface area contributed by atoms with Gasteiger partial charge >= 0.3 is 0 Å². The molecule has 2 atom stereocenters. The molecule has 2 aromatic carbocycles. The van der Waals surface area contributed by atoms with Gasteiger partial charge in [0.25, 0.3) is 0 Å². The lowest BCUT2D eigenvalue weighted by atomic mass is 9.72. The van der Waals surface area contributed by atoms with E-state index in [4.69, 9.17) is 14.2 Å². The van der Waals surface area contributed by atoms with E-state index in [9.17, 15) is 10.1 Å². The Morgan fingerprint density at radius 2 is 1.62 bits per heavy atom. The number of rotatable bonds is 5. The van der Waals surface area contributed by atoms with Gasteiger partial charge in [-0.15, -0.1) is 0 Å². The zero-order valence-corrected chi connectivity index (χ0v) is 18.7. The van der Waals surface area contributed by atoms with E-state index in [1.807, 2.05) is 37.3 Å². The standard InChI is InChI=1S/C26H26N2O4/c1-15-19(14-27)24(18-12-22(30-2)26(32-4)23(13-18)31-3)25-20(28-15)10-17(11-21(25)29)16-8-6-5-7-9-16/h5-9,12-13,17,24,28H,10-11H2,1-4H3. The van der Waals surface area contributed by atoms with Crippen molar-refractivity contribution in [2.24, 2.45) is 0 Å². The zero-order valence-electron chi connectivity index (χ0n) is 18.7. The fraction of sp³-hybridized carbons (Fsp3) is 0.308. The molecular formula is C26H26N2O4. The molecule has 6 heteroatoms. The number of dihydropyridines is 1. The number of allylic oxidation sites excluding steroid dienone is 4. The fourth-order valence-electron chi connectivity index (χ4n) is 4.75. The number of methoxy groups -OCH3 is 3. The van der Waals surface area contributed by atoms with Crippen LogP contribution in [0.4, 0.5) is 0 Å². The lowest BCUT2D eigenvalue weighted by Gasteiger charge is -2.36. The van der Waals surface area contributed by atoms with Gasteiger partial charge in [-0.1, -0.05) is 30.3 Å². The Morgan fingerprint density at radius 3 is 2.19 bits per heavy atom. The van der Waals surface area contributed by atoms with Gasteiger partial charge in [0, 0.05) is 23.4 Å². The highest BCUT2D eigenvalue weighted by atomic mass is 16.5. The van der Waals surface area contributed by atoms with E-state index in [-0.39, 0.29) is 11.7 Å². The van der Waals surface area contributed by atoms with E-state index in [2.05, 4.69) is 23.5 Å². The smallest absolute Gasteiger partial charge is 0.203 e. The van der Waals surface area contributed by atoms with Gasteiger partial charge in [0.1, 0.15) is 0 Å². The second kappa shape index (κ2) is 8.80. The molecular weight excluding hydrogens is 404 g/mol. The summed E-state index contributed by atoms with van der Waals surface area (Å²) in [6, 6.07) is 16.1. The molecule has 0 radical (unpaired) electrons. The second-order valence-corrected chi connectivity index (χ2v) is 8.00. The highest BCUT2D eigenvalue weighted by Gasteiger charge is 2.39. The van der Waals surface area contributed by atoms with E-state index in [0.717, 1.165) is 22.5 Å². The minimum Gasteiger partial charge on any atom is -0.493 e. The van der Waals surface area contributed by atoms with Crippen LogP contribution < -0.4 is 19.5 Å². The van der Waals surface area contributed by atoms with Crippen LogP contribution in [0.5, 0.6) is 17.2 Å². The summed E-state index contributed by atoms with van der Waals surface area (Å²) in [5, 5.41) is 13.3. The third-order valence-corrected chi connectivity index (χ3v) is 6.24. The number of Topliss-reactive ketones (excluding diaryl/α,β-unsaturated/α-hetero) is 1. The van der Waals surface area contributed by atoms with Crippen molar-refractivity contribution in [2.45, 2.75) is 31.6 Å². The molecule has 0 amide bonds. The number of ether oxygens (including phenoxy) is 3. The Bertz CT molecular complexity index is 1130. The van der Waals surface area contributed by atoms with E-state index in [0.29, 0.717) is 41.2 Å². The first-order valence-corrected chi connectivity index (χ1v) is 10.5. The summed E-state index contributed by atoms with van der Waals surface area (Å²) in [6.07, 6.45) is 1.12. The van der Waals surface area contributed by atoms with Crippen molar-refractivity contribution in [2.75, 3.05) is 21.3 Å². The Balaban J connectivity index is 1.85. The second-order valence-electron chi connectivity index (χ2n) is 8.00. The van der Waals surface area contributed by atoms with Crippen LogP contribution in [0.3, 0.4) is 0 Å². The molecule has 2 aromatic rings. The first-order chi connectivity index (χ1) is 15.5. The Labute approximate surface area is 188 Å². The van der Waals surface area contributed by atoms with E-state index < -0.39 is 5.92 Å². The number of nitrogens with zero attached hydrogens (tertiary/aromatic N) is 1. The van der Waals surface area contributed by atoms with Crippen molar-refractivity contribution >= 4 is 5.78 Å². The molecule has 2 unspecified atom stereocenters. The van der Waals surface area contributed by atoms with E-state index >= 15 is 0 Å². The van der Waals surface area contributed by atoms with Crippen molar-refractivity contribution in [3.8, 4) is 23.3 Å². The third-order valence-electron chi connectivity index (χ3n) is 6.24. The summed E-state index contributed by atoms with van der Waals surface area (Å²) < 4.78 is 16.5. The van der Waals surface area contributed by atoms with Crippen LogP contribution in [0.2, 0.25) is 0 Å². The molecule has 1 N–H and O–H groups in total. The van der Waals surface area contributed by atoms with Gasteiger partial charge in [-0.05, 0) is 42.5 Å². The molecule has 164 valence electrons. The van der Waals surface area contributed by atoms with Gasteiger partial charge in [0.15, 0.2) is 17.3 Å². The lowest BCUT2D eigenvalue weighted by molar-refractivity contribution is -0.116. The van der Waals surface area contributed by atoms with Crippen LogP contribution in [0.1, 0.15) is 42.7 Å². The number of hydrogen-bond acceptors (Lipinski definition) is 6. The predicted molar refractivity (Wildman–Crippen MR) is 121 cm³/mol. The molecule has 32 heavy (non-hydrogen) atoms. The van der Waals surface area contributed by atoms with Gasteiger partial charge in [-0.3, -0.25) is 4.79 Å². The van der Waals surface area contributed by atoms with E-state index in [1.54, 1.807) is 21.3 Å². The first-order valence-electron chi connectivity index (χ1n) is 10.5. The van der Waals surface area contributed by atoms with E-state index in [1.165, 1.54) is 0 Å². The van der Waals surface area contributed by atoms with Gasteiger partial charge in [0.05, 0.1) is 38.9 Å². The summed E-state index contributed by atoms with van der Waals surface area (Å²) in [6.45, 7) is 1.88. The van der Waals surface area contributed by atoms with Gasteiger partial charge in [-0.2, -0.15) is 5.26 Å². The van der Waals surface area contributed by atoms with Crippen LogP contribution in [0, 0.1) is 11.3 Å². The molecule has 0 fully saturated rings. The van der Waals surface area contributed by atoms with Gasteiger partial charge < -0.3 is 19.5 Å². The summed E-state index contributed by atoms with van der Waals surface area (Å²) in [5.41, 5.74) is 4.71. The molecule has 0 saturated carbocycles. The number of hydrogen-bond donors (Lipinski definition) is 1. The topological polar surface area (TPSA) is 80.6 Å². The zero-order chi connectivity index (χ0) is 22.8. The summed E-state index contributed by atoms with van der Waals surface area (Å²) in [4.78, 5) is 13.5. The average molecular weight is 431 g/mol. The molecule has 0 spiro atoms. The number of nitriles is 1. The van der Waals surface area contributed by atoms with Crippen molar-refractivity contribution < 1.29 is 19.0 Å². The quantitative estimate of drug-likeness (QED) is 0.747. The number of benzene rings is 2.